The fourth-order valence-corrected chi connectivity index (χ4v) is 0.0136. The first kappa shape index (κ1) is 9.38. The quantitative estimate of drug-likeness (QED) is 0.272. The van der Waals surface area contributed by atoms with E-state index in [0.29, 0.717) is 0 Å². The number of rotatable bonds is 2. The molecule has 0 aliphatic heterocycles. The maximum absolute atomic E-state index is 8.64. The topological polar surface area (TPSA) is 68.1 Å². The summed E-state index contributed by atoms with van der Waals surface area (Å²) in [4.78, 5) is 20.2. The third-order valence-corrected chi connectivity index (χ3v) is 0.0667. The summed E-state index contributed by atoms with van der Waals surface area (Å²) in [6.07, 6.45) is 0. The van der Waals surface area contributed by atoms with Crippen LogP contribution in [0.3, 0.4) is 0 Å². The van der Waals surface area contributed by atoms with Crippen molar-refractivity contribution >= 4 is 29.6 Å². The third-order valence-electron chi connectivity index (χ3n) is 0.0667. The van der Waals surface area contributed by atoms with Crippen LogP contribution >= 0.6 is 0 Å². The zero-order valence-electron chi connectivity index (χ0n) is 2.12. The van der Waals surface area contributed by atoms with Crippen molar-refractivity contribution in [2.24, 2.45) is 10.7 Å². The molecule has 0 spiro atoms. The van der Waals surface area contributed by atoms with E-state index in [9.17, 15) is 0 Å². The minimum absolute atomic E-state index is 0. The van der Waals surface area contributed by atoms with Crippen LogP contribution in [0.1, 0.15) is 0 Å². The molecule has 6 heteroatoms. The van der Waals surface area contributed by atoms with Crippen molar-refractivity contribution in [3.63, 3.8) is 0 Å². The van der Waals surface area contributed by atoms with Gasteiger partial charge in [-0.3, -0.25) is 0 Å². The van der Waals surface area contributed by atoms with Crippen molar-refractivity contribution in [3.05, 3.63) is 9.81 Å². The van der Waals surface area contributed by atoms with Crippen LogP contribution in [-0.2, 0) is 4.94 Å². The van der Waals surface area contributed by atoms with Gasteiger partial charge < -0.3 is 0 Å². The molecule has 0 saturated heterocycles. The number of hydrogen-bond donors (Lipinski definition) is 0. The Hall–Kier alpha value is 0. The van der Waals surface area contributed by atoms with Gasteiger partial charge in [-0.2, -0.15) is 4.94 Å². The van der Waals surface area contributed by atoms with E-state index in [2.05, 4.69) is 4.94 Å². The molecule has 0 amide bonds. The van der Waals surface area contributed by atoms with E-state index in [0.717, 1.165) is 0 Å². The van der Waals surface area contributed by atoms with Gasteiger partial charge in [-0.05, 0) is 0 Å². The molecule has 0 radical (unpaired) electrons. The van der Waals surface area contributed by atoms with Gasteiger partial charge in [0.1, 0.15) is 0 Å². The SMILES string of the molecule is O=NON=O.[NaH]. The summed E-state index contributed by atoms with van der Waals surface area (Å²) in [6, 6.07) is 0. The zero-order chi connectivity index (χ0) is 4.12. The Labute approximate surface area is 55.2 Å². The van der Waals surface area contributed by atoms with Crippen molar-refractivity contribution in [1.29, 1.82) is 0 Å². The van der Waals surface area contributed by atoms with E-state index in [1.807, 2.05) is 0 Å². The minimum atomic E-state index is 0. The fraction of sp³-hybridized carbons (Fsp3) is 0. The van der Waals surface area contributed by atoms with E-state index in [1.54, 1.807) is 10.7 Å². The molecule has 0 aliphatic rings. The zero-order valence-corrected chi connectivity index (χ0v) is 2.12. The Balaban J connectivity index is 0. The predicted molar refractivity (Wildman–Crippen MR) is 19.8 cm³/mol. The van der Waals surface area contributed by atoms with Crippen LogP contribution in [0.4, 0.5) is 0 Å². The van der Waals surface area contributed by atoms with Gasteiger partial charge in [0.2, 0.25) is 0 Å². The summed E-state index contributed by atoms with van der Waals surface area (Å²) in [5.74, 6) is 0. The second-order valence-corrected chi connectivity index (χ2v) is 0.231. The molecule has 0 fully saturated rings. The van der Waals surface area contributed by atoms with Crippen molar-refractivity contribution in [3.8, 4) is 0 Å². The Morgan fingerprint density at radius 3 is 1.50 bits per heavy atom. The fourth-order valence-electron chi connectivity index (χ4n) is 0.0136. The van der Waals surface area contributed by atoms with Gasteiger partial charge >= 0.3 is 29.6 Å². The van der Waals surface area contributed by atoms with Gasteiger partial charge in [0.15, 0.2) is 10.7 Å². The molecular weight excluding hydrogens is 99.0 g/mol. The summed E-state index contributed by atoms with van der Waals surface area (Å²) >= 11 is 0. The van der Waals surface area contributed by atoms with E-state index in [4.69, 9.17) is 9.81 Å². The molecule has 6 heavy (non-hydrogen) atoms. The molecule has 0 bridgehead atoms. The third kappa shape index (κ3) is 9.00. The van der Waals surface area contributed by atoms with Crippen LogP contribution in [0.5, 0.6) is 0 Å². The Kier molecular flexibility index (Phi) is 13.9. The van der Waals surface area contributed by atoms with Crippen LogP contribution in [0.25, 0.3) is 0 Å². The molecule has 0 aliphatic carbocycles. The van der Waals surface area contributed by atoms with Gasteiger partial charge in [-0.25, -0.2) is 0 Å². The normalized spacial score (nSPS) is 4.67. The van der Waals surface area contributed by atoms with Gasteiger partial charge in [-0.1, -0.05) is 0 Å². The number of hydrogen-bond acceptors (Lipinski definition) is 5. The summed E-state index contributed by atoms with van der Waals surface area (Å²) in [5.41, 5.74) is 0. The molecule has 0 aromatic carbocycles. The van der Waals surface area contributed by atoms with Crippen LogP contribution in [0, 0.1) is 9.81 Å². The maximum atomic E-state index is 8.64. The molecule has 0 unspecified atom stereocenters. The first-order valence-electron chi connectivity index (χ1n) is 0.730. The Morgan fingerprint density at radius 1 is 1.17 bits per heavy atom. The van der Waals surface area contributed by atoms with Crippen LogP contribution in [0.15, 0.2) is 10.7 Å². The van der Waals surface area contributed by atoms with Crippen LogP contribution < -0.4 is 0 Å². The average Bonchev–Trinajstić information content (AvgIpc) is 1.41. The first-order chi connectivity index (χ1) is 2.41. The average molecular weight is 100 g/mol. The molecule has 0 aromatic rings. The molecule has 5 nitrogen and oxygen atoms in total. The van der Waals surface area contributed by atoms with E-state index in [1.165, 1.54) is 0 Å². The van der Waals surface area contributed by atoms with Gasteiger partial charge in [0, 0.05) is 0 Å². The Bertz CT molecular complexity index is 38.1. The van der Waals surface area contributed by atoms with Gasteiger partial charge in [0.25, 0.3) is 0 Å². The monoisotopic (exact) mass is 100.0 g/mol. The van der Waals surface area contributed by atoms with Crippen molar-refractivity contribution < 1.29 is 4.94 Å². The second kappa shape index (κ2) is 8.89. The van der Waals surface area contributed by atoms with E-state index >= 15 is 0 Å². The molecular formula is HN2NaO3. The summed E-state index contributed by atoms with van der Waals surface area (Å²) < 4.78 is 0. The van der Waals surface area contributed by atoms with Gasteiger partial charge in [0.05, 0.1) is 0 Å². The standard InChI is InChI=1S/N2O3.Na.H/c3-1-5-2-4;;. The van der Waals surface area contributed by atoms with E-state index in [-0.39, 0.29) is 29.6 Å². The molecule has 0 saturated carbocycles. The van der Waals surface area contributed by atoms with Crippen LogP contribution in [-0.4, -0.2) is 29.6 Å². The molecule has 0 aromatic heterocycles. The first-order valence-corrected chi connectivity index (χ1v) is 0.730. The second-order valence-electron chi connectivity index (χ2n) is 0.231. The van der Waals surface area contributed by atoms with E-state index < -0.39 is 0 Å². The molecule has 0 atom stereocenters. The Morgan fingerprint density at radius 2 is 1.50 bits per heavy atom. The van der Waals surface area contributed by atoms with Crippen molar-refractivity contribution in [2.45, 2.75) is 0 Å². The summed E-state index contributed by atoms with van der Waals surface area (Å²) in [7, 11) is 0. The molecule has 30 valence electrons. The molecule has 0 rings (SSSR count). The predicted octanol–water partition coefficient (Wildman–Crippen LogP) is -0.283. The molecule has 0 N–H and O–H groups in total. The van der Waals surface area contributed by atoms with Crippen molar-refractivity contribution in [2.75, 3.05) is 0 Å². The molecule has 0 heterocycles. The van der Waals surface area contributed by atoms with Crippen LogP contribution in [0.2, 0.25) is 0 Å². The number of nitrogens with zero attached hydrogens (tertiary/aromatic N) is 2. The summed E-state index contributed by atoms with van der Waals surface area (Å²) in [6.45, 7) is 0. The van der Waals surface area contributed by atoms with Crippen molar-refractivity contribution in [1.82, 2.24) is 0 Å². The van der Waals surface area contributed by atoms with Gasteiger partial charge in [-0.15, -0.1) is 9.81 Å². The summed E-state index contributed by atoms with van der Waals surface area (Å²) in [5, 5.41) is 3.25.